The number of hydrogen-bond donors (Lipinski definition) is 1. The third-order valence-electron chi connectivity index (χ3n) is 4.93. The number of benzene rings is 2. The van der Waals surface area contributed by atoms with Crippen LogP contribution in [0.5, 0.6) is 5.75 Å². The maximum Gasteiger partial charge on any atom is 0.285 e. The van der Waals surface area contributed by atoms with E-state index in [-0.39, 0.29) is 5.91 Å². The molecule has 32 heavy (non-hydrogen) atoms. The molecule has 0 bridgehead atoms. The van der Waals surface area contributed by atoms with Gasteiger partial charge in [0.1, 0.15) is 11.4 Å². The minimum atomic E-state index is -0.337. The molecule has 5 aromatic rings. The SMILES string of the molecule is COc1ccccc1C(=O)n1nc(-c2ccccn2)nc1NCc1cc2ccccc2s1. The summed E-state index contributed by atoms with van der Waals surface area (Å²) in [6.45, 7) is 0.513. The molecule has 0 atom stereocenters. The number of methoxy groups -OCH3 is 1. The van der Waals surface area contributed by atoms with Gasteiger partial charge in [0.2, 0.25) is 11.8 Å². The van der Waals surface area contributed by atoms with Crippen LogP contribution in [0.3, 0.4) is 0 Å². The first-order chi connectivity index (χ1) is 15.7. The lowest BCUT2D eigenvalue weighted by atomic mass is 10.2. The number of hydrogen-bond acceptors (Lipinski definition) is 7. The number of fused-ring (bicyclic) bond motifs is 1. The van der Waals surface area contributed by atoms with Crippen LogP contribution in [-0.4, -0.2) is 32.8 Å². The molecule has 2 aromatic carbocycles. The summed E-state index contributed by atoms with van der Waals surface area (Å²) in [6.07, 6.45) is 1.67. The van der Waals surface area contributed by atoms with E-state index in [9.17, 15) is 4.79 Å². The van der Waals surface area contributed by atoms with E-state index in [2.05, 4.69) is 38.6 Å². The highest BCUT2D eigenvalue weighted by molar-refractivity contribution is 7.19. The number of para-hydroxylation sites is 1. The van der Waals surface area contributed by atoms with Crippen molar-refractivity contribution in [1.82, 2.24) is 19.7 Å². The third kappa shape index (κ3) is 3.83. The van der Waals surface area contributed by atoms with E-state index in [0.29, 0.717) is 35.3 Å². The molecule has 0 aliphatic heterocycles. The number of nitrogens with zero attached hydrogens (tertiary/aromatic N) is 4. The van der Waals surface area contributed by atoms with Crippen LogP contribution < -0.4 is 10.1 Å². The Morgan fingerprint density at radius 1 is 1.06 bits per heavy atom. The molecule has 0 amide bonds. The standard InChI is InChI=1S/C24H19N5O2S/c1-31-20-11-4-3-9-18(20)23(30)29-24(27-22(28-29)19-10-6-7-13-25-19)26-15-17-14-16-8-2-5-12-21(16)32-17/h2-14H,15H2,1H3,(H,26,27,28). The van der Waals surface area contributed by atoms with Crippen LogP contribution in [0.4, 0.5) is 5.95 Å². The Hall–Kier alpha value is -4.04. The Morgan fingerprint density at radius 3 is 2.69 bits per heavy atom. The summed E-state index contributed by atoms with van der Waals surface area (Å²) < 4.78 is 7.85. The average Bonchev–Trinajstić information content (AvgIpc) is 3.47. The first kappa shape index (κ1) is 19.9. The molecule has 1 N–H and O–H groups in total. The lowest BCUT2D eigenvalue weighted by Gasteiger charge is -2.09. The number of carbonyl (C=O) groups is 1. The van der Waals surface area contributed by atoms with E-state index in [1.807, 2.05) is 36.4 Å². The third-order valence-corrected chi connectivity index (χ3v) is 6.04. The molecule has 0 saturated heterocycles. The van der Waals surface area contributed by atoms with Crippen LogP contribution in [0.15, 0.2) is 79.0 Å². The zero-order chi connectivity index (χ0) is 21.9. The smallest absolute Gasteiger partial charge is 0.285 e. The topological polar surface area (TPSA) is 81.9 Å². The molecule has 0 radical (unpaired) electrons. The first-order valence-corrected chi connectivity index (χ1v) is 10.8. The zero-order valence-electron chi connectivity index (χ0n) is 17.2. The van der Waals surface area contributed by atoms with Crippen LogP contribution in [0, 0.1) is 0 Å². The number of aromatic nitrogens is 4. The van der Waals surface area contributed by atoms with E-state index < -0.39 is 0 Å². The largest absolute Gasteiger partial charge is 0.496 e. The van der Waals surface area contributed by atoms with Crippen LogP contribution in [0.1, 0.15) is 15.2 Å². The highest BCUT2D eigenvalue weighted by atomic mass is 32.1. The molecule has 8 heteroatoms. The van der Waals surface area contributed by atoms with Gasteiger partial charge in [0.05, 0.1) is 19.2 Å². The lowest BCUT2D eigenvalue weighted by Crippen LogP contribution is -2.18. The number of rotatable bonds is 6. The molecule has 3 aromatic heterocycles. The van der Waals surface area contributed by atoms with Gasteiger partial charge in [0.25, 0.3) is 5.91 Å². The van der Waals surface area contributed by atoms with Gasteiger partial charge in [-0.05, 0) is 41.8 Å². The zero-order valence-corrected chi connectivity index (χ0v) is 18.0. The van der Waals surface area contributed by atoms with Gasteiger partial charge in [0.15, 0.2) is 0 Å². The Balaban J connectivity index is 1.51. The molecule has 3 heterocycles. The molecule has 0 aliphatic rings. The summed E-state index contributed by atoms with van der Waals surface area (Å²) in [5.74, 6) is 0.852. The van der Waals surface area contributed by atoms with E-state index in [0.717, 1.165) is 4.88 Å². The molecule has 5 rings (SSSR count). The fourth-order valence-corrected chi connectivity index (χ4v) is 4.40. The monoisotopic (exact) mass is 441 g/mol. The fraction of sp³-hybridized carbons (Fsp3) is 0.0833. The van der Waals surface area contributed by atoms with E-state index >= 15 is 0 Å². The molecule has 158 valence electrons. The number of anilines is 1. The molecule has 0 saturated carbocycles. The number of thiophene rings is 1. The minimum Gasteiger partial charge on any atom is -0.496 e. The normalized spacial score (nSPS) is 10.9. The van der Waals surface area contributed by atoms with Gasteiger partial charge in [-0.3, -0.25) is 9.78 Å². The van der Waals surface area contributed by atoms with Crippen molar-refractivity contribution < 1.29 is 9.53 Å². The van der Waals surface area contributed by atoms with Crippen molar-refractivity contribution in [3.8, 4) is 17.3 Å². The van der Waals surface area contributed by atoms with Gasteiger partial charge >= 0.3 is 0 Å². The van der Waals surface area contributed by atoms with Crippen LogP contribution in [0.25, 0.3) is 21.6 Å². The molecule has 7 nitrogen and oxygen atoms in total. The number of ether oxygens (including phenoxy) is 1. The molecule has 0 unspecified atom stereocenters. The van der Waals surface area contributed by atoms with Gasteiger partial charge < -0.3 is 10.1 Å². The number of pyridine rings is 1. The van der Waals surface area contributed by atoms with Crippen molar-refractivity contribution in [3.63, 3.8) is 0 Å². The van der Waals surface area contributed by atoms with E-state index in [1.165, 1.54) is 21.9 Å². The summed E-state index contributed by atoms with van der Waals surface area (Å²) in [6, 6.07) is 22.9. The van der Waals surface area contributed by atoms with E-state index in [4.69, 9.17) is 4.74 Å². The molecule has 0 aliphatic carbocycles. The Morgan fingerprint density at radius 2 is 1.88 bits per heavy atom. The van der Waals surface area contributed by atoms with Crippen molar-refractivity contribution in [2.75, 3.05) is 12.4 Å². The summed E-state index contributed by atoms with van der Waals surface area (Å²) in [5, 5.41) is 8.94. The second kappa shape index (κ2) is 8.60. The summed E-state index contributed by atoms with van der Waals surface area (Å²) in [4.78, 5) is 23.4. The van der Waals surface area contributed by atoms with Crippen molar-refractivity contribution in [3.05, 3.63) is 89.4 Å². The van der Waals surface area contributed by atoms with Gasteiger partial charge in [-0.1, -0.05) is 36.4 Å². The highest BCUT2D eigenvalue weighted by Crippen LogP contribution is 2.27. The Kier molecular flexibility index (Phi) is 5.35. The summed E-state index contributed by atoms with van der Waals surface area (Å²) in [7, 11) is 1.54. The second-order valence-corrected chi connectivity index (χ2v) is 8.16. The minimum absolute atomic E-state index is 0.337. The lowest BCUT2D eigenvalue weighted by molar-refractivity contribution is 0.0944. The fourth-order valence-electron chi connectivity index (χ4n) is 3.40. The van der Waals surface area contributed by atoms with Gasteiger partial charge in [-0.25, -0.2) is 0 Å². The van der Waals surface area contributed by atoms with Crippen LogP contribution in [-0.2, 0) is 6.54 Å². The molecular formula is C24H19N5O2S. The second-order valence-electron chi connectivity index (χ2n) is 7.00. The Bertz CT molecular complexity index is 1360. The summed E-state index contributed by atoms with van der Waals surface area (Å²) >= 11 is 1.70. The van der Waals surface area contributed by atoms with E-state index in [1.54, 1.807) is 35.7 Å². The highest BCUT2D eigenvalue weighted by Gasteiger charge is 2.21. The number of carbonyl (C=O) groups excluding carboxylic acids is 1. The average molecular weight is 442 g/mol. The molecule has 0 fully saturated rings. The van der Waals surface area contributed by atoms with Crippen LogP contribution in [0.2, 0.25) is 0 Å². The van der Waals surface area contributed by atoms with Gasteiger partial charge in [0, 0.05) is 15.8 Å². The van der Waals surface area contributed by atoms with Crippen LogP contribution >= 0.6 is 11.3 Å². The quantitative estimate of drug-likeness (QED) is 0.405. The van der Waals surface area contributed by atoms with Gasteiger partial charge in [-0.2, -0.15) is 9.67 Å². The maximum absolute atomic E-state index is 13.4. The molecular weight excluding hydrogens is 422 g/mol. The maximum atomic E-state index is 13.4. The van der Waals surface area contributed by atoms with Crippen molar-refractivity contribution in [2.24, 2.45) is 0 Å². The predicted octanol–water partition coefficient (Wildman–Crippen LogP) is 4.86. The first-order valence-electron chi connectivity index (χ1n) is 10.0. The van der Waals surface area contributed by atoms with Crippen molar-refractivity contribution in [1.29, 1.82) is 0 Å². The van der Waals surface area contributed by atoms with Gasteiger partial charge in [-0.15, -0.1) is 16.4 Å². The number of nitrogens with one attached hydrogen (secondary N) is 1. The summed E-state index contributed by atoms with van der Waals surface area (Å²) in [5.41, 5.74) is 0.987. The predicted molar refractivity (Wildman–Crippen MR) is 125 cm³/mol. The Labute approximate surface area is 188 Å². The van der Waals surface area contributed by atoms with Crippen molar-refractivity contribution in [2.45, 2.75) is 6.54 Å². The molecule has 0 spiro atoms. The van der Waals surface area contributed by atoms with Crippen molar-refractivity contribution >= 4 is 33.3 Å².